The summed E-state index contributed by atoms with van der Waals surface area (Å²) in [6.45, 7) is 2.77. The number of hydrogen-bond donors (Lipinski definition) is 2. The van der Waals surface area contributed by atoms with E-state index in [0.29, 0.717) is 5.95 Å². The van der Waals surface area contributed by atoms with Gasteiger partial charge in [0.2, 0.25) is 5.95 Å². The number of nitrogens with zero attached hydrogens (tertiary/aromatic N) is 5. The number of anilines is 1. The maximum Gasteiger partial charge on any atom is 0.225 e. The van der Waals surface area contributed by atoms with Crippen LogP contribution in [0.4, 0.5) is 5.95 Å². The van der Waals surface area contributed by atoms with Gasteiger partial charge in [-0.1, -0.05) is 0 Å². The Balaban J connectivity index is 2.22. The fraction of sp³-hybridized carbons (Fsp3) is 0.273. The molecule has 2 N–H and O–H groups in total. The number of aromatic amines is 1. The van der Waals surface area contributed by atoms with Crippen LogP contribution in [0.1, 0.15) is 6.92 Å². The average Bonchev–Trinajstić information content (AvgIpc) is 2.97. The number of H-pyrrole nitrogens is 1. The van der Waals surface area contributed by atoms with Crippen LogP contribution in [-0.4, -0.2) is 36.5 Å². The first-order chi connectivity index (χ1) is 8.78. The predicted molar refractivity (Wildman–Crippen MR) is 68.0 cm³/mol. The fourth-order valence-electron chi connectivity index (χ4n) is 1.84. The van der Waals surface area contributed by atoms with E-state index in [2.05, 4.69) is 30.6 Å². The molecule has 0 bridgehead atoms. The second kappa shape index (κ2) is 4.10. The van der Waals surface area contributed by atoms with Crippen LogP contribution in [0.15, 0.2) is 18.6 Å². The lowest BCUT2D eigenvalue weighted by atomic mass is 10.2. The maximum atomic E-state index is 4.51. The van der Waals surface area contributed by atoms with Crippen LogP contribution < -0.4 is 5.32 Å². The van der Waals surface area contributed by atoms with Crippen LogP contribution in [0.5, 0.6) is 0 Å². The first kappa shape index (κ1) is 10.7. The Hall–Kier alpha value is -2.44. The molecule has 0 aliphatic heterocycles. The zero-order valence-electron chi connectivity index (χ0n) is 10.2. The van der Waals surface area contributed by atoms with E-state index in [4.69, 9.17) is 0 Å². The van der Waals surface area contributed by atoms with Gasteiger partial charge in [0, 0.05) is 25.4 Å². The number of aromatic nitrogens is 6. The van der Waals surface area contributed by atoms with Gasteiger partial charge in [0.25, 0.3) is 0 Å². The van der Waals surface area contributed by atoms with Gasteiger partial charge in [-0.3, -0.25) is 9.78 Å². The van der Waals surface area contributed by atoms with Crippen LogP contribution in [0.2, 0.25) is 0 Å². The zero-order valence-corrected chi connectivity index (χ0v) is 10.2. The van der Waals surface area contributed by atoms with Crippen molar-refractivity contribution in [3.63, 3.8) is 0 Å². The molecule has 0 atom stereocenters. The lowest BCUT2D eigenvalue weighted by molar-refractivity contribution is 0.768. The van der Waals surface area contributed by atoms with E-state index >= 15 is 0 Å². The number of rotatable bonds is 3. The van der Waals surface area contributed by atoms with E-state index in [1.807, 2.05) is 20.2 Å². The minimum absolute atomic E-state index is 0.591. The SMILES string of the molecule is CCNc1nc(-c2cnn(C)c2)c2cn[nH]c2n1. The summed E-state index contributed by atoms with van der Waals surface area (Å²) >= 11 is 0. The number of aryl methyl sites for hydroxylation is 1. The molecule has 0 aliphatic carbocycles. The summed E-state index contributed by atoms with van der Waals surface area (Å²) in [5.74, 6) is 0.591. The van der Waals surface area contributed by atoms with Gasteiger partial charge in [0.05, 0.1) is 23.5 Å². The second-order valence-electron chi connectivity index (χ2n) is 3.96. The van der Waals surface area contributed by atoms with Crippen molar-refractivity contribution in [3.05, 3.63) is 18.6 Å². The standard InChI is InChI=1S/C11H13N7/c1-3-12-11-15-9(7-4-14-18(2)6-7)8-5-13-17-10(8)16-11/h4-6H,3H2,1-2H3,(H2,12,13,15,16,17). The molecule has 3 heterocycles. The third-order valence-corrected chi connectivity index (χ3v) is 2.62. The molecule has 0 radical (unpaired) electrons. The van der Waals surface area contributed by atoms with Crippen molar-refractivity contribution >= 4 is 17.0 Å². The van der Waals surface area contributed by atoms with Gasteiger partial charge in [-0.15, -0.1) is 0 Å². The molecule has 7 nitrogen and oxygen atoms in total. The molecule has 3 rings (SSSR count). The summed E-state index contributed by atoms with van der Waals surface area (Å²) in [5, 5.41) is 15.0. The highest BCUT2D eigenvalue weighted by molar-refractivity contribution is 5.90. The first-order valence-electron chi connectivity index (χ1n) is 5.72. The summed E-state index contributed by atoms with van der Waals surface area (Å²) in [4.78, 5) is 8.86. The average molecular weight is 243 g/mol. The molecular weight excluding hydrogens is 230 g/mol. The van der Waals surface area contributed by atoms with E-state index in [1.165, 1.54) is 0 Å². The Morgan fingerprint density at radius 2 is 2.22 bits per heavy atom. The van der Waals surface area contributed by atoms with E-state index < -0.39 is 0 Å². The minimum Gasteiger partial charge on any atom is -0.354 e. The fourth-order valence-corrected chi connectivity index (χ4v) is 1.84. The zero-order chi connectivity index (χ0) is 12.5. The highest BCUT2D eigenvalue weighted by Gasteiger charge is 2.12. The van der Waals surface area contributed by atoms with Crippen molar-refractivity contribution in [1.82, 2.24) is 29.9 Å². The Labute approximate surface area is 103 Å². The molecular formula is C11H13N7. The largest absolute Gasteiger partial charge is 0.354 e. The van der Waals surface area contributed by atoms with Crippen LogP contribution in [0.25, 0.3) is 22.3 Å². The predicted octanol–water partition coefficient (Wildman–Crippen LogP) is 1.19. The van der Waals surface area contributed by atoms with Crippen LogP contribution in [-0.2, 0) is 7.05 Å². The molecule has 3 aromatic heterocycles. The topological polar surface area (TPSA) is 84.3 Å². The molecule has 0 saturated carbocycles. The number of nitrogens with one attached hydrogen (secondary N) is 2. The smallest absolute Gasteiger partial charge is 0.225 e. The van der Waals surface area contributed by atoms with Crippen molar-refractivity contribution < 1.29 is 0 Å². The third kappa shape index (κ3) is 1.69. The van der Waals surface area contributed by atoms with Crippen molar-refractivity contribution in [2.45, 2.75) is 6.92 Å². The van der Waals surface area contributed by atoms with Crippen LogP contribution >= 0.6 is 0 Å². The molecule has 92 valence electrons. The van der Waals surface area contributed by atoms with Gasteiger partial charge >= 0.3 is 0 Å². The molecule has 0 unspecified atom stereocenters. The lowest BCUT2D eigenvalue weighted by Gasteiger charge is -2.04. The normalized spacial score (nSPS) is 11.0. The van der Waals surface area contributed by atoms with Gasteiger partial charge in [0.15, 0.2) is 5.65 Å². The number of fused-ring (bicyclic) bond motifs is 1. The van der Waals surface area contributed by atoms with E-state index in [-0.39, 0.29) is 0 Å². The third-order valence-electron chi connectivity index (χ3n) is 2.62. The Kier molecular flexibility index (Phi) is 2.44. The van der Waals surface area contributed by atoms with Gasteiger partial charge in [-0.05, 0) is 6.92 Å². The maximum absolute atomic E-state index is 4.51. The van der Waals surface area contributed by atoms with Gasteiger partial charge in [0.1, 0.15) is 0 Å². The molecule has 0 amide bonds. The minimum atomic E-state index is 0.591. The van der Waals surface area contributed by atoms with Gasteiger partial charge in [-0.2, -0.15) is 15.2 Å². The molecule has 18 heavy (non-hydrogen) atoms. The summed E-state index contributed by atoms with van der Waals surface area (Å²) in [7, 11) is 1.88. The number of hydrogen-bond acceptors (Lipinski definition) is 5. The second-order valence-corrected chi connectivity index (χ2v) is 3.96. The highest BCUT2D eigenvalue weighted by atomic mass is 15.2. The molecule has 0 spiro atoms. The highest BCUT2D eigenvalue weighted by Crippen LogP contribution is 2.25. The summed E-state index contributed by atoms with van der Waals surface area (Å²) in [5.41, 5.74) is 2.50. The Morgan fingerprint density at radius 3 is 2.94 bits per heavy atom. The van der Waals surface area contributed by atoms with E-state index in [9.17, 15) is 0 Å². The Morgan fingerprint density at radius 1 is 1.33 bits per heavy atom. The van der Waals surface area contributed by atoms with Crippen molar-refractivity contribution in [2.75, 3.05) is 11.9 Å². The van der Waals surface area contributed by atoms with Gasteiger partial charge in [-0.25, -0.2) is 4.98 Å². The first-order valence-corrected chi connectivity index (χ1v) is 5.72. The van der Waals surface area contributed by atoms with Crippen molar-refractivity contribution in [3.8, 4) is 11.3 Å². The molecule has 0 aromatic carbocycles. The van der Waals surface area contributed by atoms with Crippen LogP contribution in [0, 0.1) is 0 Å². The van der Waals surface area contributed by atoms with Gasteiger partial charge < -0.3 is 5.32 Å². The molecule has 0 aliphatic rings. The summed E-state index contributed by atoms with van der Waals surface area (Å²) in [6, 6.07) is 0. The lowest BCUT2D eigenvalue weighted by Crippen LogP contribution is -2.03. The Bertz CT molecular complexity index is 682. The van der Waals surface area contributed by atoms with Crippen LogP contribution in [0.3, 0.4) is 0 Å². The monoisotopic (exact) mass is 243 g/mol. The van der Waals surface area contributed by atoms with E-state index in [0.717, 1.165) is 28.8 Å². The molecule has 7 heteroatoms. The summed E-state index contributed by atoms with van der Waals surface area (Å²) < 4.78 is 1.75. The van der Waals surface area contributed by atoms with Crippen molar-refractivity contribution in [2.24, 2.45) is 7.05 Å². The molecule has 0 saturated heterocycles. The molecule has 0 fully saturated rings. The summed E-state index contributed by atoms with van der Waals surface area (Å²) in [6.07, 6.45) is 5.43. The van der Waals surface area contributed by atoms with E-state index in [1.54, 1.807) is 17.1 Å². The quantitative estimate of drug-likeness (QED) is 0.721. The van der Waals surface area contributed by atoms with Crippen molar-refractivity contribution in [1.29, 1.82) is 0 Å². The molecule has 3 aromatic rings.